The van der Waals surface area contributed by atoms with E-state index in [4.69, 9.17) is 0 Å². The molecule has 0 bridgehead atoms. The number of H-pyrrole nitrogens is 2. The predicted molar refractivity (Wildman–Crippen MR) is 88.3 cm³/mol. The second kappa shape index (κ2) is 4.76. The summed E-state index contributed by atoms with van der Waals surface area (Å²) in [5, 5.41) is 12.3. The minimum atomic E-state index is -0.295. The van der Waals surface area contributed by atoms with Crippen LogP contribution in [-0.2, 0) is 0 Å². The molecule has 0 radical (unpaired) electrons. The van der Waals surface area contributed by atoms with Crippen LogP contribution in [0.5, 0.6) is 0 Å². The normalized spacial score (nSPS) is 11.5. The van der Waals surface area contributed by atoms with Gasteiger partial charge in [-0.1, -0.05) is 6.07 Å². The second-order valence-corrected chi connectivity index (χ2v) is 5.55. The number of aromatic nitrogens is 6. The molecule has 2 N–H and O–H groups in total. The number of nitrogens with one attached hydrogen (secondary N) is 2. The van der Waals surface area contributed by atoms with E-state index in [0.717, 1.165) is 27.5 Å². The fourth-order valence-corrected chi connectivity index (χ4v) is 2.79. The summed E-state index contributed by atoms with van der Waals surface area (Å²) in [5.41, 5.74) is 4.14. The lowest BCUT2D eigenvalue weighted by molar-refractivity contribution is 0.625. The summed E-state index contributed by atoms with van der Waals surface area (Å²) in [6.07, 6.45) is 5.36. The number of hydrogen-bond acceptors (Lipinski definition) is 3. The Hall–Kier alpha value is -3.48. The van der Waals surface area contributed by atoms with Crippen molar-refractivity contribution < 1.29 is 4.39 Å². The molecule has 0 spiro atoms. The molecule has 0 unspecified atom stereocenters. The molecule has 0 aliphatic rings. The molecule has 2 aromatic carbocycles. The van der Waals surface area contributed by atoms with E-state index in [0.29, 0.717) is 11.5 Å². The van der Waals surface area contributed by atoms with E-state index < -0.39 is 0 Å². The minimum Gasteiger partial charge on any atom is -0.338 e. The number of rotatable bonds is 2. The number of benzene rings is 2. The summed E-state index contributed by atoms with van der Waals surface area (Å²) in [6, 6.07) is 10.2. The highest BCUT2D eigenvalue weighted by Crippen LogP contribution is 2.24. The largest absolute Gasteiger partial charge is 0.338 e. The number of imidazole rings is 1. The molecule has 5 rings (SSSR count). The number of hydrogen-bond donors (Lipinski definition) is 2. The van der Waals surface area contributed by atoms with Crippen LogP contribution >= 0.6 is 0 Å². The fourth-order valence-electron chi connectivity index (χ4n) is 2.79. The van der Waals surface area contributed by atoms with Crippen LogP contribution in [0.1, 0.15) is 0 Å². The van der Waals surface area contributed by atoms with Crippen molar-refractivity contribution >= 4 is 21.9 Å². The van der Waals surface area contributed by atoms with Gasteiger partial charge in [-0.25, -0.2) is 14.1 Å². The molecular formula is C17H11FN6. The first kappa shape index (κ1) is 13.0. The zero-order chi connectivity index (χ0) is 16.1. The van der Waals surface area contributed by atoms with Gasteiger partial charge in [-0.15, -0.1) is 0 Å². The average Bonchev–Trinajstić information content (AvgIpc) is 3.30. The first-order chi connectivity index (χ1) is 11.8. The van der Waals surface area contributed by atoms with E-state index >= 15 is 0 Å². The van der Waals surface area contributed by atoms with E-state index in [9.17, 15) is 4.39 Å². The van der Waals surface area contributed by atoms with Crippen LogP contribution in [0, 0.1) is 5.82 Å². The summed E-state index contributed by atoms with van der Waals surface area (Å²) in [4.78, 5) is 7.89. The maximum atomic E-state index is 13.4. The molecule has 0 aliphatic heterocycles. The third-order valence-corrected chi connectivity index (χ3v) is 3.96. The third-order valence-electron chi connectivity index (χ3n) is 3.96. The van der Waals surface area contributed by atoms with Gasteiger partial charge < -0.3 is 4.98 Å². The molecule has 3 aromatic heterocycles. The lowest BCUT2D eigenvalue weighted by Gasteiger charge is -1.99. The quantitative estimate of drug-likeness (QED) is 0.523. The van der Waals surface area contributed by atoms with E-state index in [1.165, 1.54) is 12.1 Å². The van der Waals surface area contributed by atoms with E-state index in [-0.39, 0.29) is 5.82 Å². The SMILES string of the molecule is Fc1cccc(-n2cc(-c3nc4cc5c[nH]nc5cc4[nH]3)cn2)c1. The van der Waals surface area contributed by atoms with Crippen molar-refractivity contribution in [1.82, 2.24) is 29.9 Å². The van der Waals surface area contributed by atoms with Gasteiger partial charge in [0.15, 0.2) is 0 Å². The maximum Gasteiger partial charge on any atom is 0.141 e. The Kier molecular flexibility index (Phi) is 2.58. The van der Waals surface area contributed by atoms with Crippen molar-refractivity contribution in [3.8, 4) is 17.1 Å². The summed E-state index contributed by atoms with van der Waals surface area (Å²) in [5.74, 6) is 0.417. The van der Waals surface area contributed by atoms with Crippen molar-refractivity contribution in [3.05, 3.63) is 60.8 Å². The number of halogens is 1. The van der Waals surface area contributed by atoms with Crippen molar-refractivity contribution in [2.24, 2.45) is 0 Å². The first-order valence-corrected chi connectivity index (χ1v) is 7.40. The molecule has 0 amide bonds. The highest BCUT2D eigenvalue weighted by atomic mass is 19.1. The second-order valence-electron chi connectivity index (χ2n) is 5.55. The molecule has 0 atom stereocenters. The summed E-state index contributed by atoms with van der Waals surface area (Å²) >= 11 is 0. The maximum absolute atomic E-state index is 13.4. The van der Waals surface area contributed by atoms with Crippen LogP contribution in [0.15, 0.2) is 55.0 Å². The van der Waals surface area contributed by atoms with Crippen molar-refractivity contribution in [3.63, 3.8) is 0 Å². The Balaban J connectivity index is 1.60. The van der Waals surface area contributed by atoms with E-state index in [1.54, 1.807) is 23.0 Å². The topological polar surface area (TPSA) is 75.2 Å². The molecule has 0 fully saturated rings. The fraction of sp³-hybridized carbons (Fsp3) is 0. The van der Waals surface area contributed by atoms with Crippen molar-refractivity contribution in [2.75, 3.05) is 0 Å². The van der Waals surface area contributed by atoms with Crippen LogP contribution in [0.2, 0.25) is 0 Å². The van der Waals surface area contributed by atoms with Gasteiger partial charge in [-0.05, 0) is 30.3 Å². The average molecular weight is 318 g/mol. The number of fused-ring (bicyclic) bond motifs is 2. The van der Waals surface area contributed by atoms with Gasteiger partial charge in [0.2, 0.25) is 0 Å². The standard InChI is InChI=1S/C17H11FN6/c18-12-2-1-3-13(5-12)24-9-11(8-20-24)17-21-15-4-10-7-19-23-14(10)6-16(15)22-17/h1-9H,(H,19,23)(H,21,22). The molecule has 116 valence electrons. The molecule has 6 nitrogen and oxygen atoms in total. The Morgan fingerprint density at radius 2 is 2.04 bits per heavy atom. The van der Waals surface area contributed by atoms with Crippen LogP contribution in [0.25, 0.3) is 39.0 Å². The van der Waals surface area contributed by atoms with E-state index in [1.807, 2.05) is 24.5 Å². The minimum absolute atomic E-state index is 0.295. The number of nitrogens with zero attached hydrogens (tertiary/aromatic N) is 4. The van der Waals surface area contributed by atoms with Gasteiger partial charge in [0.05, 0.1) is 34.0 Å². The molecule has 24 heavy (non-hydrogen) atoms. The van der Waals surface area contributed by atoms with Crippen LogP contribution in [0.3, 0.4) is 0 Å². The molecule has 0 saturated heterocycles. The first-order valence-electron chi connectivity index (χ1n) is 7.40. The predicted octanol–water partition coefficient (Wildman–Crippen LogP) is 3.43. The summed E-state index contributed by atoms with van der Waals surface area (Å²) < 4.78 is 15.0. The third kappa shape index (κ3) is 1.98. The van der Waals surface area contributed by atoms with Gasteiger partial charge in [0.1, 0.15) is 11.6 Å². The Morgan fingerprint density at radius 3 is 2.96 bits per heavy atom. The smallest absolute Gasteiger partial charge is 0.141 e. The summed E-state index contributed by atoms with van der Waals surface area (Å²) in [7, 11) is 0. The van der Waals surface area contributed by atoms with Crippen molar-refractivity contribution in [1.29, 1.82) is 0 Å². The van der Waals surface area contributed by atoms with Crippen molar-refractivity contribution in [2.45, 2.75) is 0 Å². The molecule has 3 heterocycles. The molecule has 7 heteroatoms. The molecule has 5 aromatic rings. The highest BCUT2D eigenvalue weighted by molar-refractivity contribution is 5.93. The Labute approximate surface area is 135 Å². The monoisotopic (exact) mass is 318 g/mol. The van der Waals surface area contributed by atoms with E-state index in [2.05, 4.69) is 25.3 Å². The summed E-state index contributed by atoms with van der Waals surface area (Å²) in [6.45, 7) is 0. The van der Waals surface area contributed by atoms with Gasteiger partial charge in [0.25, 0.3) is 0 Å². The Bertz CT molecular complexity index is 1130. The highest BCUT2D eigenvalue weighted by Gasteiger charge is 2.10. The van der Waals surface area contributed by atoms with Crippen LogP contribution in [0.4, 0.5) is 4.39 Å². The Morgan fingerprint density at radius 1 is 1.08 bits per heavy atom. The van der Waals surface area contributed by atoms with Gasteiger partial charge in [-0.2, -0.15) is 10.2 Å². The van der Waals surface area contributed by atoms with Gasteiger partial charge >= 0.3 is 0 Å². The number of aromatic amines is 2. The lowest BCUT2D eigenvalue weighted by atomic mass is 10.2. The molecular weight excluding hydrogens is 307 g/mol. The van der Waals surface area contributed by atoms with Crippen LogP contribution in [-0.4, -0.2) is 29.9 Å². The lowest BCUT2D eigenvalue weighted by Crippen LogP contribution is -1.94. The van der Waals surface area contributed by atoms with Crippen LogP contribution < -0.4 is 0 Å². The van der Waals surface area contributed by atoms with Gasteiger partial charge in [-0.3, -0.25) is 5.10 Å². The van der Waals surface area contributed by atoms with Gasteiger partial charge in [0, 0.05) is 17.8 Å². The zero-order valence-electron chi connectivity index (χ0n) is 12.4. The molecule has 0 saturated carbocycles. The molecule has 0 aliphatic carbocycles. The zero-order valence-corrected chi connectivity index (χ0v) is 12.4.